The summed E-state index contributed by atoms with van der Waals surface area (Å²) < 4.78 is 14.2. The maximum atomic E-state index is 13.2. The number of rotatable bonds is 2. The van der Waals surface area contributed by atoms with Crippen molar-refractivity contribution in [2.45, 2.75) is 25.9 Å². The molecule has 0 unspecified atom stereocenters. The van der Waals surface area contributed by atoms with Gasteiger partial charge in [0.1, 0.15) is 5.67 Å². The van der Waals surface area contributed by atoms with E-state index in [0.717, 1.165) is 10.0 Å². The smallest absolute Gasteiger partial charge is 0.109 e. The molecule has 0 radical (unpaired) electrons. The van der Waals surface area contributed by atoms with E-state index in [1.807, 2.05) is 24.3 Å². The lowest BCUT2D eigenvalue weighted by Gasteiger charge is -2.13. The highest BCUT2D eigenvalue weighted by Gasteiger charge is 2.15. The van der Waals surface area contributed by atoms with Crippen molar-refractivity contribution in [2.24, 2.45) is 0 Å². The highest BCUT2D eigenvalue weighted by atomic mass is 79.9. The molecule has 2 heteroatoms. The molecule has 1 aromatic rings. The van der Waals surface area contributed by atoms with Crippen LogP contribution in [0, 0.1) is 0 Å². The van der Waals surface area contributed by atoms with Crippen LogP contribution in [-0.4, -0.2) is 5.67 Å². The van der Waals surface area contributed by atoms with E-state index >= 15 is 0 Å². The van der Waals surface area contributed by atoms with Crippen LogP contribution in [0.25, 0.3) is 0 Å². The third-order valence-electron chi connectivity index (χ3n) is 1.51. The summed E-state index contributed by atoms with van der Waals surface area (Å²) in [4.78, 5) is 0. The molecule has 0 nitrogen and oxygen atoms in total. The minimum Gasteiger partial charge on any atom is -0.244 e. The van der Waals surface area contributed by atoms with Gasteiger partial charge in [-0.15, -0.1) is 0 Å². The van der Waals surface area contributed by atoms with E-state index in [4.69, 9.17) is 0 Å². The molecule has 1 aromatic carbocycles. The van der Waals surface area contributed by atoms with Crippen LogP contribution in [0.15, 0.2) is 28.7 Å². The van der Waals surface area contributed by atoms with Gasteiger partial charge in [-0.05, 0) is 31.5 Å². The van der Waals surface area contributed by atoms with E-state index in [0.29, 0.717) is 6.42 Å². The first-order valence-electron chi connectivity index (χ1n) is 3.91. The molecular formula is C10H12BrF. The summed E-state index contributed by atoms with van der Waals surface area (Å²) in [6.07, 6.45) is 0.465. The zero-order valence-corrected chi connectivity index (χ0v) is 8.86. The number of hydrogen-bond acceptors (Lipinski definition) is 0. The molecule has 0 fully saturated rings. The fraction of sp³-hybridized carbons (Fsp3) is 0.400. The summed E-state index contributed by atoms with van der Waals surface area (Å²) in [6.45, 7) is 3.18. The minimum atomic E-state index is -1.12. The second kappa shape index (κ2) is 3.56. The van der Waals surface area contributed by atoms with Crippen LogP contribution in [0.1, 0.15) is 19.4 Å². The van der Waals surface area contributed by atoms with Gasteiger partial charge >= 0.3 is 0 Å². The molecule has 0 heterocycles. The molecule has 0 N–H and O–H groups in total. The van der Waals surface area contributed by atoms with Crippen LogP contribution in [0.3, 0.4) is 0 Å². The van der Waals surface area contributed by atoms with Crippen LogP contribution in [0.4, 0.5) is 4.39 Å². The maximum absolute atomic E-state index is 13.2. The van der Waals surface area contributed by atoms with Gasteiger partial charge in [-0.3, -0.25) is 0 Å². The van der Waals surface area contributed by atoms with Gasteiger partial charge in [-0.2, -0.15) is 0 Å². The second-order valence-corrected chi connectivity index (χ2v) is 4.44. The molecule has 0 aromatic heterocycles. The van der Waals surface area contributed by atoms with E-state index in [1.165, 1.54) is 0 Å². The molecule has 1 rings (SSSR count). The predicted molar refractivity (Wildman–Crippen MR) is 53.0 cm³/mol. The second-order valence-electron chi connectivity index (χ2n) is 3.53. The Morgan fingerprint density at radius 3 is 2.58 bits per heavy atom. The van der Waals surface area contributed by atoms with Gasteiger partial charge in [0, 0.05) is 10.9 Å². The Bertz CT molecular complexity index is 263. The molecule has 12 heavy (non-hydrogen) atoms. The Kier molecular flexibility index (Phi) is 2.89. The lowest BCUT2D eigenvalue weighted by molar-refractivity contribution is 0.217. The van der Waals surface area contributed by atoms with E-state index in [-0.39, 0.29) is 0 Å². The molecule has 0 saturated heterocycles. The fourth-order valence-corrected chi connectivity index (χ4v) is 1.58. The number of benzene rings is 1. The van der Waals surface area contributed by atoms with Crippen LogP contribution in [0.5, 0.6) is 0 Å². The van der Waals surface area contributed by atoms with Gasteiger partial charge in [0.15, 0.2) is 0 Å². The molecule has 0 amide bonds. The maximum Gasteiger partial charge on any atom is 0.109 e. The number of halogens is 2. The van der Waals surface area contributed by atoms with Crippen LogP contribution in [-0.2, 0) is 6.42 Å². The summed E-state index contributed by atoms with van der Waals surface area (Å²) in [6, 6.07) is 7.74. The monoisotopic (exact) mass is 230 g/mol. The van der Waals surface area contributed by atoms with Gasteiger partial charge in [-0.25, -0.2) is 4.39 Å². The largest absolute Gasteiger partial charge is 0.244 e. The van der Waals surface area contributed by atoms with Gasteiger partial charge in [0.05, 0.1) is 0 Å². The summed E-state index contributed by atoms with van der Waals surface area (Å²) in [5.74, 6) is 0. The first-order valence-corrected chi connectivity index (χ1v) is 4.70. The average Bonchev–Trinajstić information content (AvgIpc) is 1.82. The summed E-state index contributed by atoms with van der Waals surface area (Å²) >= 11 is 3.35. The van der Waals surface area contributed by atoms with Crippen molar-refractivity contribution in [3.63, 3.8) is 0 Å². The fourth-order valence-electron chi connectivity index (χ4n) is 1.13. The molecule has 0 saturated carbocycles. The first kappa shape index (κ1) is 9.72. The topological polar surface area (TPSA) is 0 Å². The van der Waals surface area contributed by atoms with Gasteiger partial charge in [0.2, 0.25) is 0 Å². The molecule has 0 spiro atoms. The van der Waals surface area contributed by atoms with Gasteiger partial charge in [-0.1, -0.05) is 28.1 Å². The molecule has 0 aliphatic rings. The van der Waals surface area contributed by atoms with Crippen molar-refractivity contribution >= 4 is 15.9 Å². The number of alkyl halides is 1. The summed E-state index contributed by atoms with van der Waals surface area (Å²) in [7, 11) is 0. The molecule has 0 aliphatic carbocycles. The Labute approximate surface area is 80.9 Å². The van der Waals surface area contributed by atoms with Crippen molar-refractivity contribution in [1.82, 2.24) is 0 Å². The van der Waals surface area contributed by atoms with Crippen LogP contribution < -0.4 is 0 Å². The molecular weight excluding hydrogens is 219 g/mol. The standard InChI is InChI=1S/C10H12BrF/c1-10(2,12)7-8-4-3-5-9(11)6-8/h3-6H,7H2,1-2H3. The Hall–Kier alpha value is -0.370. The van der Waals surface area contributed by atoms with Crippen LogP contribution in [0.2, 0.25) is 0 Å². The Morgan fingerprint density at radius 2 is 2.08 bits per heavy atom. The van der Waals surface area contributed by atoms with Gasteiger partial charge in [0.25, 0.3) is 0 Å². The quantitative estimate of drug-likeness (QED) is 0.727. The number of hydrogen-bond donors (Lipinski definition) is 0. The molecule has 0 bridgehead atoms. The van der Waals surface area contributed by atoms with E-state index in [1.54, 1.807) is 13.8 Å². The van der Waals surface area contributed by atoms with E-state index < -0.39 is 5.67 Å². The minimum absolute atomic E-state index is 0.465. The highest BCUT2D eigenvalue weighted by molar-refractivity contribution is 9.10. The SMILES string of the molecule is CC(C)(F)Cc1cccc(Br)c1. The van der Waals surface area contributed by atoms with Crippen LogP contribution >= 0.6 is 15.9 Å². The van der Waals surface area contributed by atoms with Crippen molar-refractivity contribution in [1.29, 1.82) is 0 Å². The third kappa shape index (κ3) is 3.35. The van der Waals surface area contributed by atoms with E-state index in [2.05, 4.69) is 15.9 Å². The lowest BCUT2D eigenvalue weighted by Crippen LogP contribution is -2.15. The van der Waals surface area contributed by atoms with Crippen molar-refractivity contribution < 1.29 is 4.39 Å². The summed E-state index contributed by atoms with van der Waals surface area (Å²) in [5, 5.41) is 0. The van der Waals surface area contributed by atoms with Gasteiger partial charge < -0.3 is 0 Å². The zero-order chi connectivity index (χ0) is 9.19. The molecule has 0 aliphatic heterocycles. The normalized spacial score (nSPS) is 11.7. The Morgan fingerprint density at radius 1 is 1.42 bits per heavy atom. The lowest BCUT2D eigenvalue weighted by atomic mass is 10.0. The van der Waals surface area contributed by atoms with E-state index in [9.17, 15) is 4.39 Å². The van der Waals surface area contributed by atoms with Crippen molar-refractivity contribution in [3.05, 3.63) is 34.3 Å². The summed E-state index contributed by atoms with van der Waals surface area (Å²) in [5.41, 5.74) is -0.0993. The molecule has 0 atom stereocenters. The Balaban J connectivity index is 2.77. The van der Waals surface area contributed by atoms with Crippen molar-refractivity contribution in [3.8, 4) is 0 Å². The highest BCUT2D eigenvalue weighted by Crippen LogP contribution is 2.19. The first-order chi connectivity index (χ1) is 5.47. The van der Waals surface area contributed by atoms with Crippen molar-refractivity contribution in [2.75, 3.05) is 0 Å². The average molecular weight is 231 g/mol. The molecule has 66 valence electrons. The zero-order valence-electron chi connectivity index (χ0n) is 7.27. The third-order valence-corrected chi connectivity index (χ3v) is 2.01. The predicted octanol–water partition coefficient (Wildman–Crippen LogP) is 3.74.